The van der Waals surface area contributed by atoms with E-state index in [1.54, 1.807) is 17.3 Å². The Bertz CT molecular complexity index is 1310. The Hall–Kier alpha value is -3.03. The highest BCUT2D eigenvalue weighted by Crippen LogP contribution is 2.39. The van der Waals surface area contributed by atoms with Gasteiger partial charge in [-0.2, -0.15) is 23.4 Å². The van der Waals surface area contributed by atoms with E-state index >= 15 is 0 Å². The molecule has 4 aromatic heterocycles. The summed E-state index contributed by atoms with van der Waals surface area (Å²) in [6.07, 6.45) is -0.346. The van der Waals surface area contributed by atoms with Gasteiger partial charge in [-0.05, 0) is 18.9 Å². The van der Waals surface area contributed by atoms with Gasteiger partial charge in [0.1, 0.15) is 17.0 Å². The first-order valence-electron chi connectivity index (χ1n) is 10.2. The van der Waals surface area contributed by atoms with Gasteiger partial charge in [-0.3, -0.25) is 10.9 Å². The topological polar surface area (TPSA) is 110 Å². The Labute approximate surface area is 190 Å². The van der Waals surface area contributed by atoms with Gasteiger partial charge in [0.2, 0.25) is 0 Å². The van der Waals surface area contributed by atoms with Crippen molar-refractivity contribution in [3.05, 3.63) is 34.7 Å². The molecule has 0 amide bonds. The summed E-state index contributed by atoms with van der Waals surface area (Å²) in [6.45, 7) is 0. The van der Waals surface area contributed by atoms with Gasteiger partial charge in [-0.15, -0.1) is 11.3 Å². The second kappa shape index (κ2) is 8.08. The molecule has 9 nitrogen and oxygen atoms in total. The number of ether oxygens (including phenoxy) is 1. The van der Waals surface area contributed by atoms with Crippen LogP contribution in [0.3, 0.4) is 0 Å². The minimum Gasteiger partial charge on any atom is -0.493 e. The number of rotatable bonds is 5. The number of pyridine rings is 1. The lowest BCUT2D eigenvalue weighted by atomic mass is 9.97. The number of nitrogens with one attached hydrogen (secondary N) is 1. The van der Waals surface area contributed by atoms with Gasteiger partial charge in [0.05, 0.1) is 24.9 Å². The Balaban J connectivity index is 1.61. The maximum absolute atomic E-state index is 13.6. The number of H-pyrrole nitrogens is 1. The molecule has 4 aromatic rings. The number of aromatic amines is 1. The van der Waals surface area contributed by atoms with Crippen molar-refractivity contribution in [1.29, 1.82) is 0 Å². The van der Waals surface area contributed by atoms with Crippen LogP contribution < -0.4 is 10.6 Å². The molecule has 3 N–H and O–H groups in total. The van der Waals surface area contributed by atoms with Crippen LogP contribution in [0.25, 0.3) is 27.6 Å². The SMILES string of the molecule is COc1cc(-c2[nH]nc(-c3nc4c(s3)CC(N(C)N)CC4)c2CC(F)(F)F)cn2ncnc12. The molecule has 1 unspecified atom stereocenters. The van der Waals surface area contributed by atoms with Gasteiger partial charge >= 0.3 is 6.18 Å². The van der Waals surface area contributed by atoms with Gasteiger partial charge in [0.15, 0.2) is 11.4 Å². The monoisotopic (exact) mass is 478 g/mol. The number of hydrogen-bond donors (Lipinski definition) is 2. The van der Waals surface area contributed by atoms with Crippen LogP contribution in [0.2, 0.25) is 0 Å². The summed E-state index contributed by atoms with van der Waals surface area (Å²) in [6, 6.07) is 1.80. The Morgan fingerprint density at radius 3 is 2.94 bits per heavy atom. The Kier molecular flexibility index (Phi) is 5.34. The van der Waals surface area contributed by atoms with E-state index in [0.717, 1.165) is 23.4 Å². The average Bonchev–Trinajstić information content (AvgIpc) is 3.48. The van der Waals surface area contributed by atoms with E-state index in [0.29, 0.717) is 28.4 Å². The van der Waals surface area contributed by atoms with Crippen molar-refractivity contribution >= 4 is 17.0 Å². The maximum atomic E-state index is 13.6. The van der Waals surface area contributed by atoms with Crippen molar-refractivity contribution in [2.24, 2.45) is 5.84 Å². The first-order valence-corrected chi connectivity index (χ1v) is 11.0. The first kappa shape index (κ1) is 21.8. The van der Waals surface area contributed by atoms with E-state index < -0.39 is 12.6 Å². The molecule has 1 atom stereocenters. The third-order valence-corrected chi connectivity index (χ3v) is 6.91. The van der Waals surface area contributed by atoms with Crippen molar-refractivity contribution in [2.75, 3.05) is 14.2 Å². The summed E-state index contributed by atoms with van der Waals surface area (Å²) in [5, 5.41) is 13.3. The smallest absolute Gasteiger partial charge is 0.393 e. The highest BCUT2D eigenvalue weighted by Gasteiger charge is 2.34. The highest BCUT2D eigenvalue weighted by atomic mass is 32.1. The Morgan fingerprint density at radius 2 is 2.21 bits per heavy atom. The van der Waals surface area contributed by atoms with Crippen LogP contribution >= 0.6 is 11.3 Å². The molecular weight excluding hydrogens is 457 g/mol. The van der Waals surface area contributed by atoms with Crippen LogP contribution in [0.4, 0.5) is 13.2 Å². The predicted octanol–water partition coefficient (Wildman–Crippen LogP) is 3.02. The number of likely N-dealkylation sites (N-methyl/N-ethyl adjacent to an activating group) is 1. The van der Waals surface area contributed by atoms with Crippen LogP contribution in [0, 0.1) is 0 Å². The number of hydrogen-bond acceptors (Lipinski definition) is 8. The molecule has 4 heterocycles. The van der Waals surface area contributed by atoms with Crippen molar-refractivity contribution in [3.63, 3.8) is 0 Å². The van der Waals surface area contributed by atoms with Crippen molar-refractivity contribution in [3.8, 4) is 27.7 Å². The van der Waals surface area contributed by atoms with Gasteiger partial charge in [-0.1, -0.05) is 0 Å². The number of aryl methyl sites for hydroxylation is 1. The molecule has 1 aliphatic rings. The van der Waals surface area contributed by atoms with Crippen molar-refractivity contribution in [2.45, 2.75) is 37.9 Å². The quantitative estimate of drug-likeness (QED) is 0.335. The number of alkyl halides is 3. The molecule has 0 fully saturated rings. The van der Waals surface area contributed by atoms with E-state index in [2.05, 4.69) is 25.3 Å². The lowest BCUT2D eigenvalue weighted by molar-refractivity contribution is -0.127. The molecule has 5 rings (SSSR count). The molecule has 174 valence electrons. The standard InChI is InChI=1S/C20H21F3N8OS/c1-30(24)11-3-4-13-15(6-11)33-19(27-13)17-12(7-20(21,22)23)16(28-29-17)10-5-14(32-2)18-25-9-26-31(18)8-10/h5,8-9,11H,3-4,6-7,24H2,1-2H3,(H,28,29). The summed E-state index contributed by atoms with van der Waals surface area (Å²) in [7, 11) is 3.29. The average molecular weight is 479 g/mol. The second-order valence-electron chi connectivity index (χ2n) is 7.99. The van der Waals surface area contributed by atoms with Gasteiger partial charge in [0, 0.05) is 41.7 Å². The number of methoxy groups -OCH3 is 1. The Morgan fingerprint density at radius 1 is 1.39 bits per heavy atom. The largest absolute Gasteiger partial charge is 0.493 e. The van der Waals surface area contributed by atoms with Crippen molar-refractivity contribution < 1.29 is 17.9 Å². The highest BCUT2D eigenvalue weighted by molar-refractivity contribution is 7.15. The van der Waals surface area contributed by atoms with Crippen LogP contribution in [-0.2, 0) is 19.3 Å². The molecule has 0 aliphatic heterocycles. The molecule has 1 aliphatic carbocycles. The fourth-order valence-corrected chi connectivity index (χ4v) is 5.34. The van der Waals surface area contributed by atoms with E-state index in [1.165, 1.54) is 29.3 Å². The number of thiazole rings is 1. The summed E-state index contributed by atoms with van der Waals surface area (Å²) < 4.78 is 47.6. The number of aromatic nitrogens is 6. The zero-order valence-corrected chi connectivity index (χ0v) is 18.7. The van der Waals surface area contributed by atoms with Crippen LogP contribution in [0.5, 0.6) is 5.75 Å². The molecule has 0 radical (unpaired) electrons. The van der Waals surface area contributed by atoms with Crippen molar-refractivity contribution in [1.82, 2.24) is 34.8 Å². The lowest BCUT2D eigenvalue weighted by Crippen LogP contribution is -2.40. The number of hydrazine groups is 1. The normalized spacial score (nSPS) is 16.5. The third-order valence-electron chi connectivity index (χ3n) is 5.79. The molecular formula is C20H21F3N8OS. The zero-order chi connectivity index (χ0) is 23.3. The molecule has 33 heavy (non-hydrogen) atoms. The van der Waals surface area contributed by atoms with E-state index in [4.69, 9.17) is 10.6 Å². The molecule has 0 saturated carbocycles. The fraction of sp³-hybridized carbons (Fsp3) is 0.400. The number of nitrogens with zero attached hydrogens (tertiary/aromatic N) is 6. The van der Waals surface area contributed by atoms with Gasteiger partial charge in [-0.25, -0.2) is 19.5 Å². The second-order valence-corrected chi connectivity index (χ2v) is 9.08. The van der Waals surface area contributed by atoms with Crippen LogP contribution in [0.1, 0.15) is 22.6 Å². The van der Waals surface area contributed by atoms with E-state index in [1.807, 2.05) is 7.05 Å². The summed E-state index contributed by atoms with van der Waals surface area (Å²) in [4.78, 5) is 9.79. The van der Waals surface area contributed by atoms with Crippen LogP contribution in [0.15, 0.2) is 18.6 Å². The predicted molar refractivity (Wildman–Crippen MR) is 116 cm³/mol. The third kappa shape index (κ3) is 4.07. The van der Waals surface area contributed by atoms with Gasteiger partial charge < -0.3 is 4.74 Å². The summed E-state index contributed by atoms with van der Waals surface area (Å²) in [5.41, 5.74) is 2.30. The molecule has 0 spiro atoms. The van der Waals surface area contributed by atoms with E-state index in [-0.39, 0.29) is 23.0 Å². The lowest BCUT2D eigenvalue weighted by Gasteiger charge is -2.26. The van der Waals surface area contributed by atoms with E-state index in [9.17, 15) is 13.2 Å². The number of fused-ring (bicyclic) bond motifs is 2. The number of halogens is 3. The molecule has 0 saturated heterocycles. The summed E-state index contributed by atoms with van der Waals surface area (Å²) in [5.74, 6) is 6.30. The zero-order valence-electron chi connectivity index (χ0n) is 17.8. The minimum atomic E-state index is -4.43. The maximum Gasteiger partial charge on any atom is 0.393 e. The molecule has 0 bridgehead atoms. The molecule has 13 heteroatoms. The van der Waals surface area contributed by atoms with Gasteiger partial charge in [0.25, 0.3) is 0 Å². The molecule has 0 aromatic carbocycles. The summed E-state index contributed by atoms with van der Waals surface area (Å²) >= 11 is 1.37. The minimum absolute atomic E-state index is 0.0302. The number of nitrogens with two attached hydrogens (primary N) is 1. The van der Waals surface area contributed by atoms with Crippen LogP contribution in [-0.4, -0.2) is 61.2 Å². The fourth-order valence-electron chi connectivity index (χ4n) is 4.14. The first-order chi connectivity index (χ1) is 15.7.